The summed E-state index contributed by atoms with van der Waals surface area (Å²) in [6, 6.07) is 12.2. The first-order valence-corrected chi connectivity index (χ1v) is 8.61. The van der Waals surface area contributed by atoms with Gasteiger partial charge in [0.1, 0.15) is 5.82 Å². The van der Waals surface area contributed by atoms with Gasteiger partial charge in [-0.1, -0.05) is 37.1 Å². The molecular formula is C20H20FNO3. The second kappa shape index (κ2) is 6.39. The highest BCUT2D eigenvalue weighted by Gasteiger charge is 2.44. The Kier molecular flexibility index (Phi) is 4.07. The Morgan fingerprint density at radius 1 is 1.08 bits per heavy atom. The number of nitrogens with one attached hydrogen (secondary N) is 1. The Bertz CT molecular complexity index is 799. The molecule has 4 rings (SSSR count). The van der Waals surface area contributed by atoms with E-state index in [0.717, 1.165) is 18.4 Å². The molecule has 1 amide bonds. The summed E-state index contributed by atoms with van der Waals surface area (Å²) in [5.41, 5.74) is 0.678. The van der Waals surface area contributed by atoms with Crippen LogP contribution < -0.4 is 14.8 Å². The van der Waals surface area contributed by atoms with E-state index >= 15 is 0 Å². The van der Waals surface area contributed by atoms with Gasteiger partial charge in [-0.15, -0.1) is 0 Å². The van der Waals surface area contributed by atoms with Gasteiger partial charge in [-0.3, -0.25) is 4.79 Å². The predicted molar refractivity (Wildman–Crippen MR) is 91.0 cm³/mol. The van der Waals surface area contributed by atoms with Crippen molar-refractivity contribution in [1.82, 2.24) is 5.32 Å². The Morgan fingerprint density at radius 2 is 1.84 bits per heavy atom. The van der Waals surface area contributed by atoms with Gasteiger partial charge >= 0.3 is 0 Å². The minimum Gasteiger partial charge on any atom is -0.454 e. The van der Waals surface area contributed by atoms with E-state index in [1.807, 2.05) is 18.2 Å². The lowest BCUT2D eigenvalue weighted by molar-refractivity contribution is -0.126. The van der Waals surface area contributed by atoms with Gasteiger partial charge in [-0.25, -0.2) is 4.39 Å². The van der Waals surface area contributed by atoms with Crippen LogP contribution in [0.5, 0.6) is 11.5 Å². The van der Waals surface area contributed by atoms with Gasteiger partial charge in [-0.05, 0) is 36.6 Å². The average molecular weight is 341 g/mol. The molecule has 2 aromatic carbocycles. The molecule has 1 saturated carbocycles. The molecule has 2 aliphatic rings. The molecule has 1 N–H and O–H groups in total. The molecule has 25 heavy (non-hydrogen) atoms. The van der Waals surface area contributed by atoms with Crippen molar-refractivity contribution in [3.8, 4) is 11.5 Å². The lowest BCUT2D eigenvalue weighted by Gasteiger charge is -2.28. The van der Waals surface area contributed by atoms with Crippen LogP contribution in [0.25, 0.3) is 0 Å². The van der Waals surface area contributed by atoms with Gasteiger partial charge < -0.3 is 14.8 Å². The molecule has 0 atom stereocenters. The molecule has 0 spiro atoms. The standard InChI is InChI=1S/C20H20FNO3/c21-16-6-2-1-5-15(16)20(9-3-4-10-20)19(23)22-12-14-7-8-17-18(11-14)25-13-24-17/h1-2,5-8,11H,3-4,9-10,12-13H2,(H,22,23). The number of benzene rings is 2. The van der Waals surface area contributed by atoms with Gasteiger partial charge in [0.15, 0.2) is 11.5 Å². The molecule has 2 aromatic rings. The highest BCUT2D eigenvalue weighted by Crippen LogP contribution is 2.42. The minimum absolute atomic E-state index is 0.104. The van der Waals surface area contributed by atoms with Crippen molar-refractivity contribution >= 4 is 5.91 Å². The zero-order valence-electron chi connectivity index (χ0n) is 13.9. The maximum Gasteiger partial charge on any atom is 0.231 e. The van der Waals surface area contributed by atoms with E-state index in [2.05, 4.69) is 5.32 Å². The zero-order chi connectivity index (χ0) is 17.3. The second-order valence-corrected chi connectivity index (χ2v) is 6.64. The van der Waals surface area contributed by atoms with E-state index in [4.69, 9.17) is 9.47 Å². The number of halogens is 1. The average Bonchev–Trinajstić information content (AvgIpc) is 3.29. The number of fused-ring (bicyclic) bond motifs is 1. The quantitative estimate of drug-likeness (QED) is 0.923. The van der Waals surface area contributed by atoms with Gasteiger partial charge in [0.2, 0.25) is 12.7 Å². The summed E-state index contributed by atoms with van der Waals surface area (Å²) in [7, 11) is 0. The zero-order valence-corrected chi connectivity index (χ0v) is 13.9. The van der Waals surface area contributed by atoms with Crippen molar-refractivity contribution < 1.29 is 18.7 Å². The van der Waals surface area contributed by atoms with Crippen LogP contribution in [-0.4, -0.2) is 12.7 Å². The molecule has 130 valence electrons. The summed E-state index contributed by atoms with van der Waals surface area (Å²) >= 11 is 0. The van der Waals surface area contributed by atoms with Crippen LogP contribution in [0.1, 0.15) is 36.8 Å². The van der Waals surface area contributed by atoms with Crippen LogP contribution in [0.3, 0.4) is 0 Å². The molecule has 0 saturated heterocycles. The molecule has 5 heteroatoms. The molecule has 0 radical (unpaired) electrons. The topological polar surface area (TPSA) is 47.6 Å². The summed E-state index contributed by atoms with van der Waals surface area (Å²) in [6.07, 6.45) is 3.24. The molecule has 0 bridgehead atoms. The summed E-state index contributed by atoms with van der Waals surface area (Å²) in [5.74, 6) is 1.00. The first-order chi connectivity index (χ1) is 12.2. The van der Waals surface area contributed by atoms with E-state index in [1.165, 1.54) is 6.07 Å². The number of hydrogen-bond donors (Lipinski definition) is 1. The largest absolute Gasteiger partial charge is 0.454 e. The fourth-order valence-electron chi connectivity index (χ4n) is 3.85. The molecule has 1 aliphatic carbocycles. The number of amides is 1. The third-order valence-electron chi connectivity index (χ3n) is 5.17. The summed E-state index contributed by atoms with van der Waals surface area (Å²) in [5, 5.41) is 3.00. The maximum atomic E-state index is 14.3. The number of carbonyl (C=O) groups excluding carboxylic acids is 1. The molecular weight excluding hydrogens is 321 g/mol. The van der Waals surface area contributed by atoms with Gasteiger partial charge in [0.05, 0.1) is 5.41 Å². The number of rotatable bonds is 4. The highest BCUT2D eigenvalue weighted by atomic mass is 19.1. The van der Waals surface area contributed by atoms with Crippen molar-refractivity contribution in [3.05, 3.63) is 59.4 Å². The van der Waals surface area contributed by atoms with Gasteiger partial charge in [0, 0.05) is 12.1 Å². The van der Waals surface area contributed by atoms with Crippen LogP contribution in [0.15, 0.2) is 42.5 Å². The summed E-state index contributed by atoms with van der Waals surface area (Å²) < 4.78 is 25.0. The SMILES string of the molecule is O=C(NCc1ccc2c(c1)OCO2)C1(c2ccccc2F)CCCC1. The molecule has 1 heterocycles. The van der Waals surface area contributed by atoms with E-state index in [-0.39, 0.29) is 18.5 Å². The van der Waals surface area contributed by atoms with Crippen LogP contribution in [0.2, 0.25) is 0 Å². The van der Waals surface area contributed by atoms with Crippen LogP contribution in [-0.2, 0) is 16.8 Å². The second-order valence-electron chi connectivity index (χ2n) is 6.64. The lowest BCUT2D eigenvalue weighted by Crippen LogP contribution is -2.42. The highest BCUT2D eigenvalue weighted by molar-refractivity contribution is 5.88. The minimum atomic E-state index is -0.762. The summed E-state index contributed by atoms with van der Waals surface area (Å²) in [4.78, 5) is 13.0. The van der Waals surface area contributed by atoms with E-state index in [1.54, 1.807) is 18.2 Å². The smallest absolute Gasteiger partial charge is 0.231 e. The van der Waals surface area contributed by atoms with Crippen LogP contribution in [0, 0.1) is 5.82 Å². The molecule has 0 unspecified atom stereocenters. The normalized spacial score (nSPS) is 17.5. The fraction of sp³-hybridized carbons (Fsp3) is 0.350. The summed E-state index contributed by atoms with van der Waals surface area (Å²) in [6.45, 7) is 0.604. The van der Waals surface area contributed by atoms with E-state index < -0.39 is 5.41 Å². The van der Waals surface area contributed by atoms with Crippen molar-refractivity contribution in [2.24, 2.45) is 0 Å². The van der Waals surface area contributed by atoms with Crippen molar-refractivity contribution in [1.29, 1.82) is 0 Å². The monoisotopic (exact) mass is 341 g/mol. The molecule has 1 fully saturated rings. The number of ether oxygens (including phenoxy) is 2. The maximum absolute atomic E-state index is 14.3. The van der Waals surface area contributed by atoms with Gasteiger partial charge in [-0.2, -0.15) is 0 Å². The molecule has 0 aromatic heterocycles. The number of carbonyl (C=O) groups is 1. The molecule has 4 nitrogen and oxygen atoms in total. The Hall–Kier alpha value is -2.56. The Labute approximate surface area is 146 Å². The van der Waals surface area contributed by atoms with E-state index in [9.17, 15) is 9.18 Å². The van der Waals surface area contributed by atoms with Crippen molar-refractivity contribution in [2.75, 3.05) is 6.79 Å². The van der Waals surface area contributed by atoms with Gasteiger partial charge in [0.25, 0.3) is 0 Å². The number of hydrogen-bond acceptors (Lipinski definition) is 3. The lowest BCUT2D eigenvalue weighted by atomic mass is 9.77. The first kappa shape index (κ1) is 15.9. The fourth-order valence-corrected chi connectivity index (χ4v) is 3.85. The van der Waals surface area contributed by atoms with E-state index in [0.29, 0.717) is 36.4 Å². The van der Waals surface area contributed by atoms with Crippen molar-refractivity contribution in [2.45, 2.75) is 37.6 Å². The predicted octanol–water partition coefficient (Wildman–Crippen LogP) is 3.68. The van der Waals surface area contributed by atoms with Crippen molar-refractivity contribution in [3.63, 3.8) is 0 Å². The molecule has 1 aliphatic heterocycles. The van der Waals surface area contributed by atoms with Crippen LogP contribution >= 0.6 is 0 Å². The Balaban J connectivity index is 1.53. The first-order valence-electron chi connectivity index (χ1n) is 8.61. The third-order valence-corrected chi connectivity index (χ3v) is 5.17. The van der Waals surface area contributed by atoms with Crippen LogP contribution in [0.4, 0.5) is 4.39 Å². The Morgan fingerprint density at radius 3 is 2.64 bits per heavy atom. The third kappa shape index (κ3) is 2.84.